The number of nitrogens with one attached hydrogen (secondary N) is 1. The fourth-order valence-electron chi connectivity index (χ4n) is 3.23. The zero-order valence-electron chi connectivity index (χ0n) is 17.7. The number of nitrogens with zero attached hydrogens (tertiary/aromatic N) is 1. The molecule has 1 aromatic heterocycles. The second kappa shape index (κ2) is 8.66. The highest BCUT2D eigenvalue weighted by atomic mass is 31.2. The van der Waals surface area contributed by atoms with Gasteiger partial charge in [-0.05, 0) is 26.7 Å². The molecule has 11 nitrogen and oxygen atoms in total. The molecule has 172 valence electrons. The Morgan fingerprint density at radius 1 is 1.23 bits per heavy atom. The number of H-pyrrole nitrogens is 1. The van der Waals surface area contributed by atoms with Gasteiger partial charge in [0, 0.05) is 19.7 Å². The average molecular weight is 450 g/mol. The normalized spacial score (nSPS) is 30.4. The molecular formula is C18H31N2O9P. The van der Waals surface area contributed by atoms with Gasteiger partial charge in [0.15, 0.2) is 5.34 Å². The third-order valence-corrected chi connectivity index (χ3v) is 8.03. The van der Waals surface area contributed by atoms with Gasteiger partial charge in [-0.25, -0.2) is 4.79 Å². The van der Waals surface area contributed by atoms with Crippen molar-refractivity contribution in [2.75, 3.05) is 0 Å². The van der Waals surface area contributed by atoms with Gasteiger partial charge in [-0.1, -0.05) is 13.8 Å². The Labute approximate surface area is 173 Å². The average Bonchev–Trinajstić information content (AvgIpc) is 2.92. The number of ether oxygens (including phenoxy) is 1. The molecule has 0 saturated carbocycles. The molecule has 1 aromatic rings. The third kappa shape index (κ3) is 4.77. The number of hydrogen-bond acceptors (Lipinski definition) is 8. The van der Waals surface area contributed by atoms with Gasteiger partial charge in [-0.3, -0.25) is 14.3 Å². The minimum absolute atomic E-state index is 0.0145. The van der Waals surface area contributed by atoms with Crippen LogP contribution in [-0.2, 0) is 20.9 Å². The number of aryl methyl sites for hydroxylation is 1. The quantitative estimate of drug-likeness (QED) is 0.345. The summed E-state index contributed by atoms with van der Waals surface area (Å²) in [4.78, 5) is 36.1. The maximum atomic E-state index is 12.6. The molecule has 12 heteroatoms. The van der Waals surface area contributed by atoms with Crippen molar-refractivity contribution in [1.29, 1.82) is 0 Å². The standard InChI is InChI=1S/C18H31N2O9P/c1-6-17(3,29-30(26,27)18(4,25)7-2)8-11-12(21)13(22)14(28-11)10-9-20(5)16(24)19-15(10)23/h9,11-14,21-22,25H,6-8H2,1-5H3,(H,26,27)(H,19,23,24)/t11-,12-,13-,14+,17?,18?/m1/s1. The van der Waals surface area contributed by atoms with Crippen LogP contribution in [0.15, 0.2) is 15.8 Å². The van der Waals surface area contributed by atoms with E-state index in [2.05, 4.69) is 4.98 Å². The van der Waals surface area contributed by atoms with E-state index >= 15 is 0 Å². The number of aliphatic hydroxyl groups is 3. The first-order valence-electron chi connectivity index (χ1n) is 9.75. The van der Waals surface area contributed by atoms with Crippen LogP contribution >= 0.6 is 7.60 Å². The molecule has 0 spiro atoms. The summed E-state index contributed by atoms with van der Waals surface area (Å²) in [5.41, 5.74) is -2.70. The minimum atomic E-state index is -4.46. The highest BCUT2D eigenvalue weighted by Crippen LogP contribution is 2.59. The first kappa shape index (κ1) is 24.9. The molecule has 1 saturated heterocycles. The maximum absolute atomic E-state index is 12.6. The third-order valence-electron chi connectivity index (χ3n) is 5.81. The Bertz CT molecular complexity index is 927. The predicted molar refractivity (Wildman–Crippen MR) is 107 cm³/mol. The van der Waals surface area contributed by atoms with Crippen LogP contribution in [0.25, 0.3) is 0 Å². The Morgan fingerprint density at radius 3 is 2.37 bits per heavy atom. The van der Waals surface area contributed by atoms with E-state index in [1.807, 2.05) is 0 Å². The summed E-state index contributed by atoms with van der Waals surface area (Å²) < 4.78 is 24.9. The summed E-state index contributed by atoms with van der Waals surface area (Å²) in [7, 11) is -3.04. The lowest BCUT2D eigenvalue weighted by molar-refractivity contribution is -0.0533. The molecule has 0 amide bonds. The lowest BCUT2D eigenvalue weighted by Gasteiger charge is -2.37. The Balaban J connectivity index is 2.28. The van der Waals surface area contributed by atoms with E-state index in [0.717, 1.165) is 4.57 Å². The van der Waals surface area contributed by atoms with Crippen molar-refractivity contribution in [2.24, 2.45) is 7.05 Å². The molecule has 0 radical (unpaired) electrons. The van der Waals surface area contributed by atoms with Crippen LogP contribution < -0.4 is 11.2 Å². The highest BCUT2D eigenvalue weighted by Gasteiger charge is 2.50. The largest absolute Gasteiger partial charge is 0.388 e. The second-order valence-corrected chi connectivity index (χ2v) is 10.4. The van der Waals surface area contributed by atoms with Crippen molar-refractivity contribution in [2.45, 2.75) is 82.3 Å². The van der Waals surface area contributed by atoms with Crippen LogP contribution in [0.1, 0.15) is 58.6 Å². The van der Waals surface area contributed by atoms with E-state index in [-0.39, 0.29) is 24.8 Å². The van der Waals surface area contributed by atoms with Crippen molar-refractivity contribution in [1.82, 2.24) is 9.55 Å². The van der Waals surface area contributed by atoms with E-state index in [9.17, 15) is 34.4 Å². The summed E-state index contributed by atoms with van der Waals surface area (Å²) in [6, 6.07) is 0. The molecule has 1 aliphatic heterocycles. The van der Waals surface area contributed by atoms with Gasteiger partial charge < -0.3 is 34.0 Å². The molecular weight excluding hydrogens is 419 g/mol. The van der Waals surface area contributed by atoms with Crippen molar-refractivity contribution >= 4 is 7.60 Å². The van der Waals surface area contributed by atoms with Gasteiger partial charge in [-0.15, -0.1) is 0 Å². The van der Waals surface area contributed by atoms with Gasteiger partial charge in [0.2, 0.25) is 0 Å². The van der Waals surface area contributed by atoms with Gasteiger partial charge in [0.05, 0.1) is 17.3 Å². The van der Waals surface area contributed by atoms with E-state index < -0.39 is 54.2 Å². The Hall–Kier alpha value is -1.33. The van der Waals surface area contributed by atoms with Crippen LogP contribution in [0, 0.1) is 0 Å². The Kier molecular flexibility index (Phi) is 7.20. The SMILES string of the molecule is CCC(C)(C[C@H]1O[C@@H](c2cn(C)c(=O)[nH]c2=O)[C@H](O)[C@@H]1O)OP(=O)(O)C(C)(O)CC. The molecule has 0 aliphatic carbocycles. The lowest BCUT2D eigenvalue weighted by Crippen LogP contribution is -2.40. The van der Waals surface area contributed by atoms with Gasteiger partial charge in [-0.2, -0.15) is 0 Å². The molecule has 0 aromatic carbocycles. The zero-order valence-corrected chi connectivity index (χ0v) is 18.6. The fourth-order valence-corrected chi connectivity index (χ4v) is 4.63. The van der Waals surface area contributed by atoms with Crippen molar-refractivity contribution < 1.29 is 34.0 Å². The minimum Gasteiger partial charge on any atom is -0.388 e. The zero-order chi connectivity index (χ0) is 23.1. The monoisotopic (exact) mass is 450 g/mol. The molecule has 1 aliphatic rings. The first-order valence-corrected chi connectivity index (χ1v) is 11.3. The maximum Gasteiger partial charge on any atom is 0.359 e. The van der Waals surface area contributed by atoms with Crippen molar-refractivity contribution in [3.8, 4) is 0 Å². The Morgan fingerprint density at radius 2 is 1.83 bits per heavy atom. The summed E-state index contributed by atoms with van der Waals surface area (Å²) in [5, 5.41) is 29.2. The molecule has 2 rings (SSSR count). The van der Waals surface area contributed by atoms with Crippen molar-refractivity contribution in [3.63, 3.8) is 0 Å². The van der Waals surface area contributed by atoms with Crippen LogP contribution in [-0.4, -0.2) is 59.0 Å². The predicted octanol–water partition coefficient (Wildman–Crippen LogP) is 0.115. The second-order valence-electron chi connectivity index (χ2n) is 8.22. The first-order chi connectivity index (χ1) is 13.7. The summed E-state index contributed by atoms with van der Waals surface area (Å²) in [6.07, 6.45) is -3.75. The van der Waals surface area contributed by atoms with E-state index in [0.29, 0.717) is 0 Å². The molecule has 30 heavy (non-hydrogen) atoms. The number of aromatic nitrogens is 2. The number of aliphatic hydroxyl groups excluding tert-OH is 2. The van der Waals surface area contributed by atoms with E-state index in [1.165, 1.54) is 27.1 Å². The summed E-state index contributed by atoms with van der Waals surface area (Å²) in [6.45, 7) is 5.99. The highest BCUT2D eigenvalue weighted by molar-refractivity contribution is 7.54. The summed E-state index contributed by atoms with van der Waals surface area (Å²) in [5.74, 6) is 0. The van der Waals surface area contributed by atoms with E-state index in [1.54, 1.807) is 13.8 Å². The lowest BCUT2D eigenvalue weighted by atomic mass is 9.92. The molecule has 0 bridgehead atoms. The van der Waals surface area contributed by atoms with Crippen LogP contribution in [0.2, 0.25) is 0 Å². The molecule has 7 atom stereocenters. The van der Waals surface area contributed by atoms with Gasteiger partial charge >= 0.3 is 13.3 Å². The molecule has 5 N–H and O–H groups in total. The summed E-state index contributed by atoms with van der Waals surface area (Å²) >= 11 is 0. The molecule has 2 heterocycles. The number of aromatic amines is 1. The number of hydrogen-bond donors (Lipinski definition) is 5. The van der Waals surface area contributed by atoms with Gasteiger partial charge in [0.1, 0.15) is 18.3 Å². The van der Waals surface area contributed by atoms with Crippen LogP contribution in [0.3, 0.4) is 0 Å². The van der Waals surface area contributed by atoms with Crippen LogP contribution in [0.4, 0.5) is 0 Å². The number of rotatable bonds is 8. The topological polar surface area (TPSA) is 171 Å². The van der Waals surface area contributed by atoms with Crippen molar-refractivity contribution in [3.05, 3.63) is 32.6 Å². The van der Waals surface area contributed by atoms with E-state index in [4.69, 9.17) is 9.26 Å². The smallest absolute Gasteiger partial charge is 0.359 e. The molecule has 1 fully saturated rings. The fraction of sp³-hybridized carbons (Fsp3) is 0.778. The molecule has 3 unspecified atom stereocenters. The van der Waals surface area contributed by atoms with Crippen LogP contribution in [0.5, 0.6) is 0 Å². The van der Waals surface area contributed by atoms with Gasteiger partial charge in [0.25, 0.3) is 5.56 Å².